The summed E-state index contributed by atoms with van der Waals surface area (Å²) in [6.45, 7) is 1.85. The van der Waals surface area contributed by atoms with Gasteiger partial charge in [-0.15, -0.1) is 0 Å². The number of aryl methyl sites for hydroxylation is 1. The number of hydrogen-bond donors (Lipinski definition) is 2. The van der Waals surface area contributed by atoms with Crippen LogP contribution < -0.4 is 5.73 Å². The molecule has 86 valence electrons. The Bertz CT molecular complexity index is 681. The van der Waals surface area contributed by atoms with Gasteiger partial charge in [0.2, 0.25) is 0 Å². The van der Waals surface area contributed by atoms with Crippen molar-refractivity contribution in [2.24, 2.45) is 0 Å². The maximum Gasteiger partial charge on any atom is 0.151 e. The number of nitrogens with one attached hydrogen (secondary N) is 1. The van der Waals surface area contributed by atoms with Crippen molar-refractivity contribution in [1.82, 2.24) is 14.3 Å². The lowest BCUT2D eigenvalue weighted by molar-refractivity contribution is 0.637. The van der Waals surface area contributed by atoms with E-state index in [1.807, 2.05) is 6.92 Å². The highest BCUT2D eigenvalue weighted by atomic mass is 32.1. The molecule has 0 bridgehead atoms. The number of fused-ring (bicyclic) bond motifs is 1. The number of halogens is 1. The van der Waals surface area contributed by atoms with E-state index in [4.69, 9.17) is 5.73 Å². The van der Waals surface area contributed by atoms with Crippen molar-refractivity contribution in [1.29, 1.82) is 0 Å². The quantitative estimate of drug-likeness (QED) is 0.695. The molecule has 0 aliphatic rings. The average Bonchev–Trinajstić information content (AvgIpc) is 2.84. The number of H-pyrrole nitrogens is 1. The van der Waals surface area contributed by atoms with Gasteiger partial charge in [0.25, 0.3) is 0 Å². The number of aromatic amines is 1. The second-order valence-corrected chi connectivity index (χ2v) is 4.53. The monoisotopic (exact) mass is 248 g/mol. The van der Waals surface area contributed by atoms with Crippen molar-refractivity contribution in [3.05, 3.63) is 29.7 Å². The molecule has 0 saturated carbocycles. The lowest BCUT2D eigenvalue weighted by Crippen LogP contribution is -1.87. The van der Waals surface area contributed by atoms with Crippen molar-refractivity contribution in [2.45, 2.75) is 6.92 Å². The fraction of sp³-hybridized carbons (Fsp3) is 0.0909. The largest absolute Gasteiger partial charge is 0.389 e. The van der Waals surface area contributed by atoms with Crippen molar-refractivity contribution in [2.75, 3.05) is 5.73 Å². The number of rotatable bonds is 1. The van der Waals surface area contributed by atoms with E-state index in [0.717, 1.165) is 11.3 Å². The second kappa shape index (κ2) is 3.53. The van der Waals surface area contributed by atoms with E-state index in [1.54, 1.807) is 12.1 Å². The topological polar surface area (TPSA) is 67.6 Å². The molecule has 0 radical (unpaired) electrons. The molecule has 0 aliphatic carbocycles. The van der Waals surface area contributed by atoms with Crippen LogP contribution in [0.2, 0.25) is 0 Å². The van der Waals surface area contributed by atoms with Gasteiger partial charge >= 0.3 is 0 Å². The van der Waals surface area contributed by atoms with E-state index in [1.165, 1.54) is 17.6 Å². The third kappa shape index (κ3) is 1.49. The first-order valence-electron chi connectivity index (χ1n) is 5.03. The maximum absolute atomic E-state index is 13.5. The van der Waals surface area contributed by atoms with Crippen molar-refractivity contribution < 1.29 is 4.39 Å². The number of aromatic nitrogens is 3. The van der Waals surface area contributed by atoms with E-state index in [2.05, 4.69) is 14.3 Å². The number of anilines is 1. The minimum absolute atomic E-state index is 0.326. The molecule has 0 fully saturated rings. The van der Waals surface area contributed by atoms with E-state index in [9.17, 15) is 4.39 Å². The summed E-state index contributed by atoms with van der Waals surface area (Å²) < 4.78 is 17.7. The van der Waals surface area contributed by atoms with Crippen LogP contribution in [0.25, 0.3) is 22.4 Å². The fourth-order valence-corrected chi connectivity index (χ4v) is 2.45. The Morgan fingerprint density at radius 3 is 2.88 bits per heavy atom. The zero-order valence-electron chi connectivity index (χ0n) is 8.99. The van der Waals surface area contributed by atoms with Crippen LogP contribution in [-0.4, -0.2) is 14.3 Å². The number of nitrogens with two attached hydrogens (primary N) is 1. The predicted octanol–water partition coefficient (Wildman–Crippen LogP) is 2.72. The molecule has 0 saturated heterocycles. The SMILES string of the molecule is Cc1nsc(N)c1-c1nc2c(F)cccc2[nH]1. The van der Waals surface area contributed by atoms with Crippen LogP contribution in [-0.2, 0) is 0 Å². The Kier molecular flexibility index (Phi) is 2.12. The van der Waals surface area contributed by atoms with Crippen LogP contribution in [0.4, 0.5) is 9.39 Å². The van der Waals surface area contributed by atoms with Gasteiger partial charge in [-0.05, 0) is 30.6 Å². The van der Waals surface area contributed by atoms with Crippen LogP contribution in [0.3, 0.4) is 0 Å². The molecule has 1 aromatic carbocycles. The molecular weight excluding hydrogens is 239 g/mol. The molecule has 6 heteroatoms. The third-order valence-electron chi connectivity index (χ3n) is 2.59. The van der Waals surface area contributed by atoms with Crippen molar-refractivity contribution >= 4 is 27.6 Å². The summed E-state index contributed by atoms with van der Waals surface area (Å²) in [5.74, 6) is 0.221. The van der Waals surface area contributed by atoms with Crippen LogP contribution in [0.5, 0.6) is 0 Å². The van der Waals surface area contributed by atoms with Gasteiger partial charge < -0.3 is 10.7 Å². The molecule has 3 aromatic rings. The molecule has 0 spiro atoms. The van der Waals surface area contributed by atoms with E-state index < -0.39 is 0 Å². The van der Waals surface area contributed by atoms with Crippen LogP contribution >= 0.6 is 11.5 Å². The second-order valence-electron chi connectivity index (χ2n) is 3.73. The summed E-state index contributed by atoms with van der Waals surface area (Å²) in [4.78, 5) is 7.29. The minimum Gasteiger partial charge on any atom is -0.389 e. The zero-order chi connectivity index (χ0) is 12.0. The molecule has 2 aromatic heterocycles. The molecular formula is C11H9FN4S. The summed E-state index contributed by atoms with van der Waals surface area (Å²) in [6, 6.07) is 4.80. The summed E-state index contributed by atoms with van der Waals surface area (Å²) in [5, 5.41) is 0.585. The average molecular weight is 248 g/mol. The van der Waals surface area contributed by atoms with Gasteiger partial charge in [-0.2, -0.15) is 4.37 Å². The maximum atomic E-state index is 13.5. The van der Waals surface area contributed by atoms with Gasteiger partial charge in [0, 0.05) is 0 Å². The molecule has 0 amide bonds. The summed E-state index contributed by atoms with van der Waals surface area (Å²) >= 11 is 1.21. The molecule has 3 rings (SSSR count). The van der Waals surface area contributed by atoms with Crippen molar-refractivity contribution in [3.63, 3.8) is 0 Å². The van der Waals surface area contributed by atoms with Crippen LogP contribution in [0.1, 0.15) is 5.69 Å². The first kappa shape index (κ1) is 10.2. The lowest BCUT2D eigenvalue weighted by Gasteiger charge is -1.94. The van der Waals surface area contributed by atoms with Crippen LogP contribution in [0, 0.1) is 12.7 Å². The first-order valence-corrected chi connectivity index (χ1v) is 5.80. The minimum atomic E-state index is -0.343. The van der Waals surface area contributed by atoms with E-state index >= 15 is 0 Å². The van der Waals surface area contributed by atoms with Gasteiger partial charge in [-0.25, -0.2) is 9.37 Å². The Balaban J connectivity index is 2.29. The first-order chi connectivity index (χ1) is 8.16. The van der Waals surface area contributed by atoms with E-state index in [0.29, 0.717) is 21.9 Å². The molecule has 0 atom stereocenters. The number of benzene rings is 1. The number of imidazole rings is 1. The van der Waals surface area contributed by atoms with Gasteiger partial charge in [0.15, 0.2) is 5.82 Å². The summed E-state index contributed by atoms with van der Waals surface area (Å²) in [5.41, 5.74) is 8.37. The Labute approximate surface area is 100 Å². The smallest absolute Gasteiger partial charge is 0.151 e. The molecule has 0 aliphatic heterocycles. The number of nitrogens with zero attached hydrogens (tertiary/aromatic N) is 2. The Hall–Kier alpha value is -1.95. The molecule has 0 unspecified atom stereocenters. The molecule has 2 heterocycles. The van der Waals surface area contributed by atoms with Gasteiger partial charge in [-0.1, -0.05) is 6.07 Å². The molecule has 17 heavy (non-hydrogen) atoms. The highest BCUT2D eigenvalue weighted by Gasteiger charge is 2.15. The number of para-hydroxylation sites is 1. The predicted molar refractivity (Wildman–Crippen MR) is 66.3 cm³/mol. The highest BCUT2D eigenvalue weighted by molar-refractivity contribution is 7.10. The van der Waals surface area contributed by atoms with Gasteiger partial charge in [-0.3, -0.25) is 0 Å². The Morgan fingerprint density at radius 1 is 1.41 bits per heavy atom. The summed E-state index contributed by atoms with van der Waals surface area (Å²) in [6.07, 6.45) is 0. The number of nitrogen functional groups attached to an aromatic ring is 1. The number of hydrogen-bond acceptors (Lipinski definition) is 4. The standard InChI is InChI=1S/C11H9FN4S/c1-5-8(10(13)17-16-5)11-14-7-4-2-3-6(12)9(7)15-11/h2-4H,13H2,1H3,(H,14,15). The third-order valence-corrected chi connectivity index (χ3v) is 3.36. The summed E-state index contributed by atoms with van der Waals surface area (Å²) in [7, 11) is 0. The van der Waals surface area contributed by atoms with Gasteiger partial charge in [0.1, 0.15) is 16.3 Å². The Morgan fingerprint density at radius 2 is 2.24 bits per heavy atom. The van der Waals surface area contributed by atoms with Crippen molar-refractivity contribution in [3.8, 4) is 11.4 Å². The fourth-order valence-electron chi connectivity index (χ4n) is 1.79. The highest BCUT2D eigenvalue weighted by Crippen LogP contribution is 2.31. The molecule has 4 nitrogen and oxygen atoms in total. The molecule has 3 N–H and O–H groups in total. The van der Waals surface area contributed by atoms with E-state index in [-0.39, 0.29) is 5.82 Å². The normalized spacial score (nSPS) is 11.2. The van der Waals surface area contributed by atoms with Crippen LogP contribution in [0.15, 0.2) is 18.2 Å². The zero-order valence-corrected chi connectivity index (χ0v) is 9.81. The lowest BCUT2D eigenvalue weighted by atomic mass is 10.2. The van der Waals surface area contributed by atoms with Gasteiger partial charge in [0.05, 0.1) is 16.8 Å².